The van der Waals surface area contributed by atoms with Gasteiger partial charge in [0.2, 0.25) is 5.88 Å². The van der Waals surface area contributed by atoms with Crippen LogP contribution in [0.2, 0.25) is 0 Å². The third-order valence-corrected chi connectivity index (χ3v) is 2.97. The SMILES string of the molecule is Cl.Nc1ccc(C2=CCC3=C(N=CCC3=O)O2)cc1. The Labute approximate surface area is 117 Å². The minimum atomic E-state index is 0. The van der Waals surface area contributed by atoms with E-state index in [1.165, 1.54) is 0 Å². The summed E-state index contributed by atoms with van der Waals surface area (Å²) in [5, 5.41) is 0. The number of carbonyl (C=O) groups is 1. The number of rotatable bonds is 1. The number of hydrogen-bond acceptors (Lipinski definition) is 4. The lowest BCUT2D eigenvalue weighted by molar-refractivity contribution is -0.114. The number of aliphatic imine (C=N–C) groups is 1. The second-order valence-corrected chi connectivity index (χ2v) is 4.22. The molecule has 4 nitrogen and oxygen atoms in total. The Morgan fingerprint density at radius 3 is 2.63 bits per heavy atom. The predicted molar refractivity (Wildman–Crippen MR) is 76.9 cm³/mol. The molecule has 1 aromatic rings. The molecule has 0 aromatic heterocycles. The van der Waals surface area contributed by atoms with Crippen molar-refractivity contribution in [3.8, 4) is 0 Å². The zero-order valence-corrected chi connectivity index (χ0v) is 10.9. The number of nitrogens with two attached hydrogens (primary N) is 1. The highest BCUT2D eigenvalue weighted by atomic mass is 35.5. The molecular formula is C14H13ClN2O2. The van der Waals surface area contributed by atoms with Gasteiger partial charge >= 0.3 is 0 Å². The van der Waals surface area contributed by atoms with Crippen LogP contribution in [0.3, 0.4) is 0 Å². The molecule has 0 atom stereocenters. The van der Waals surface area contributed by atoms with Crippen LogP contribution in [-0.2, 0) is 9.53 Å². The van der Waals surface area contributed by atoms with E-state index in [1.807, 2.05) is 30.3 Å². The number of allylic oxidation sites excluding steroid dienone is 2. The van der Waals surface area contributed by atoms with E-state index in [1.54, 1.807) is 6.21 Å². The average molecular weight is 277 g/mol. The molecule has 0 saturated carbocycles. The van der Waals surface area contributed by atoms with Gasteiger partial charge in [0.05, 0.1) is 5.57 Å². The first-order chi connectivity index (χ1) is 8.74. The standard InChI is InChI=1S/C14H12N2O2.ClH/c15-10-3-1-9(2-4-10)13-6-5-11-12(17)7-8-16-14(11)18-13;/h1-4,6,8H,5,7,15H2;1H. The van der Waals surface area contributed by atoms with Gasteiger partial charge in [0, 0.05) is 30.3 Å². The third kappa shape index (κ3) is 2.53. The minimum absolute atomic E-state index is 0. The van der Waals surface area contributed by atoms with Crippen LogP contribution in [-0.4, -0.2) is 12.0 Å². The number of ketones is 1. The molecule has 0 aliphatic carbocycles. The summed E-state index contributed by atoms with van der Waals surface area (Å²) in [6.07, 6.45) is 4.44. The first kappa shape index (κ1) is 13.4. The fourth-order valence-corrected chi connectivity index (χ4v) is 1.99. The Bertz CT molecular complexity index is 600. The molecule has 2 heterocycles. The number of nitrogen functional groups attached to an aromatic ring is 1. The lowest BCUT2D eigenvalue weighted by Gasteiger charge is -2.20. The molecule has 2 aliphatic heterocycles. The molecule has 3 rings (SSSR count). The lowest BCUT2D eigenvalue weighted by atomic mass is 10.0. The lowest BCUT2D eigenvalue weighted by Crippen LogP contribution is -2.14. The highest BCUT2D eigenvalue weighted by Crippen LogP contribution is 2.31. The average Bonchev–Trinajstić information content (AvgIpc) is 2.39. The van der Waals surface area contributed by atoms with Gasteiger partial charge in [-0.25, -0.2) is 4.99 Å². The molecule has 0 amide bonds. The van der Waals surface area contributed by atoms with Crippen molar-refractivity contribution in [2.45, 2.75) is 12.8 Å². The van der Waals surface area contributed by atoms with Crippen molar-refractivity contribution in [2.24, 2.45) is 4.99 Å². The van der Waals surface area contributed by atoms with Crippen LogP contribution in [0.4, 0.5) is 5.69 Å². The van der Waals surface area contributed by atoms with Gasteiger partial charge in [-0.15, -0.1) is 12.4 Å². The molecule has 0 radical (unpaired) electrons. The molecular weight excluding hydrogens is 264 g/mol. The van der Waals surface area contributed by atoms with Gasteiger partial charge in [-0.1, -0.05) is 0 Å². The van der Waals surface area contributed by atoms with E-state index >= 15 is 0 Å². The molecule has 0 unspecified atom stereocenters. The molecule has 2 N–H and O–H groups in total. The van der Waals surface area contributed by atoms with Crippen molar-refractivity contribution < 1.29 is 9.53 Å². The van der Waals surface area contributed by atoms with Gasteiger partial charge in [0.15, 0.2) is 5.78 Å². The van der Waals surface area contributed by atoms with Gasteiger partial charge in [0.1, 0.15) is 5.76 Å². The summed E-state index contributed by atoms with van der Waals surface area (Å²) in [4.78, 5) is 15.8. The van der Waals surface area contributed by atoms with Crippen LogP contribution in [0.25, 0.3) is 5.76 Å². The Kier molecular flexibility index (Phi) is 3.71. The van der Waals surface area contributed by atoms with Gasteiger partial charge in [0.25, 0.3) is 0 Å². The van der Waals surface area contributed by atoms with Crippen LogP contribution in [0.1, 0.15) is 18.4 Å². The van der Waals surface area contributed by atoms with E-state index in [2.05, 4.69) is 4.99 Å². The quantitative estimate of drug-likeness (QED) is 0.802. The maximum atomic E-state index is 11.6. The van der Waals surface area contributed by atoms with Crippen LogP contribution < -0.4 is 5.73 Å². The fourth-order valence-electron chi connectivity index (χ4n) is 1.99. The first-order valence-electron chi connectivity index (χ1n) is 5.77. The van der Waals surface area contributed by atoms with Crippen LogP contribution in [0.5, 0.6) is 0 Å². The Morgan fingerprint density at radius 2 is 1.89 bits per heavy atom. The molecule has 19 heavy (non-hydrogen) atoms. The number of Topliss-reactive ketones (excluding diaryl/α,β-unsaturated/α-hetero) is 1. The van der Waals surface area contributed by atoms with Crippen molar-refractivity contribution >= 4 is 35.9 Å². The number of benzene rings is 1. The Balaban J connectivity index is 0.00000133. The number of nitrogens with zero attached hydrogens (tertiary/aromatic N) is 1. The number of carbonyl (C=O) groups excluding carboxylic acids is 1. The van der Waals surface area contributed by atoms with Gasteiger partial charge in [-0.2, -0.15) is 0 Å². The van der Waals surface area contributed by atoms with Crippen molar-refractivity contribution in [2.75, 3.05) is 5.73 Å². The Hall–Kier alpha value is -2.07. The first-order valence-corrected chi connectivity index (χ1v) is 5.77. The molecule has 98 valence electrons. The zero-order chi connectivity index (χ0) is 12.5. The number of anilines is 1. The van der Waals surface area contributed by atoms with E-state index in [4.69, 9.17) is 10.5 Å². The number of ether oxygens (including phenoxy) is 1. The molecule has 5 heteroatoms. The topological polar surface area (TPSA) is 64.7 Å². The number of hydrogen-bond donors (Lipinski definition) is 1. The summed E-state index contributed by atoms with van der Waals surface area (Å²) in [6.45, 7) is 0. The molecule has 2 aliphatic rings. The monoisotopic (exact) mass is 276 g/mol. The summed E-state index contributed by atoms with van der Waals surface area (Å²) in [5.41, 5.74) is 7.95. The maximum Gasteiger partial charge on any atom is 0.226 e. The zero-order valence-electron chi connectivity index (χ0n) is 10.1. The molecule has 0 saturated heterocycles. The van der Waals surface area contributed by atoms with E-state index < -0.39 is 0 Å². The Morgan fingerprint density at radius 1 is 1.16 bits per heavy atom. The normalized spacial score (nSPS) is 17.3. The van der Waals surface area contributed by atoms with Gasteiger partial charge in [-0.05, 0) is 30.3 Å². The van der Waals surface area contributed by atoms with Crippen LogP contribution in [0.15, 0.2) is 46.8 Å². The third-order valence-electron chi connectivity index (χ3n) is 2.97. The second-order valence-electron chi connectivity index (χ2n) is 4.22. The van der Waals surface area contributed by atoms with E-state index in [0.717, 1.165) is 11.3 Å². The van der Waals surface area contributed by atoms with E-state index in [-0.39, 0.29) is 18.2 Å². The van der Waals surface area contributed by atoms with Gasteiger partial charge in [-0.3, -0.25) is 4.79 Å². The summed E-state index contributed by atoms with van der Waals surface area (Å²) >= 11 is 0. The summed E-state index contributed by atoms with van der Waals surface area (Å²) < 4.78 is 5.67. The summed E-state index contributed by atoms with van der Waals surface area (Å²) in [5.74, 6) is 1.24. The minimum Gasteiger partial charge on any atom is -0.438 e. The highest BCUT2D eigenvalue weighted by Gasteiger charge is 2.23. The smallest absolute Gasteiger partial charge is 0.226 e. The van der Waals surface area contributed by atoms with E-state index in [0.29, 0.717) is 30.0 Å². The van der Waals surface area contributed by atoms with Gasteiger partial charge < -0.3 is 10.5 Å². The molecule has 0 bridgehead atoms. The maximum absolute atomic E-state index is 11.6. The molecule has 0 spiro atoms. The van der Waals surface area contributed by atoms with Crippen molar-refractivity contribution in [3.63, 3.8) is 0 Å². The molecule has 1 aromatic carbocycles. The fraction of sp³-hybridized carbons (Fsp3) is 0.143. The van der Waals surface area contributed by atoms with Crippen LogP contribution in [0, 0.1) is 0 Å². The van der Waals surface area contributed by atoms with Crippen molar-refractivity contribution in [1.29, 1.82) is 0 Å². The van der Waals surface area contributed by atoms with Crippen molar-refractivity contribution in [3.05, 3.63) is 47.4 Å². The largest absolute Gasteiger partial charge is 0.438 e. The van der Waals surface area contributed by atoms with Crippen LogP contribution >= 0.6 is 12.4 Å². The van der Waals surface area contributed by atoms with Crippen molar-refractivity contribution in [1.82, 2.24) is 0 Å². The number of halogens is 1. The van der Waals surface area contributed by atoms with E-state index in [9.17, 15) is 4.79 Å². The highest BCUT2D eigenvalue weighted by molar-refractivity contribution is 6.06. The second kappa shape index (κ2) is 5.28. The summed E-state index contributed by atoms with van der Waals surface area (Å²) in [6, 6.07) is 7.42. The summed E-state index contributed by atoms with van der Waals surface area (Å²) in [7, 11) is 0. The predicted octanol–water partition coefficient (Wildman–Crippen LogP) is 2.71. The molecule has 0 fully saturated rings.